The molecule has 0 spiro atoms. The molecule has 1 aliphatic rings. The molecular weight excluding hydrogens is 272 g/mol. The number of hydrogen-bond acceptors (Lipinski definition) is 4. The summed E-state index contributed by atoms with van der Waals surface area (Å²) in [6.07, 6.45) is 1.89. The van der Waals surface area contributed by atoms with E-state index in [1.165, 1.54) is 4.90 Å². The van der Waals surface area contributed by atoms with Gasteiger partial charge in [0.15, 0.2) is 0 Å². The average molecular weight is 300 g/mol. The predicted molar refractivity (Wildman–Crippen MR) is 80.1 cm³/mol. The van der Waals surface area contributed by atoms with Crippen LogP contribution in [0.5, 0.6) is 0 Å². The second kappa shape index (κ2) is 8.22. The molecule has 1 unspecified atom stereocenters. The molecule has 122 valence electrons. The van der Waals surface area contributed by atoms with Gasteiger partial charge in [0.25, 0.3) is 0 Å². The second-order valence-electron chi connectivity index (χ2n) is 6.17. The summed E-state index contributed by atoms with van der Waals surface area (Å²) in [6, 6.07) is -0.410. The number of carbonyl (C=O) groups excluding carboxylic acids is 2. The molecule has 0 aromatic carbocycles. The third-order valence-electron chi connectivity index (χ3n) is 3.15. The largest absolute Gasteiger partial charge is 0.444 e. The molecule has 21 heavy (non-hydrogen) atoms. The lowest BCUT2D eigenvalue weighted by Gasteiger charge is -2.28. The SMILES string of the molecule is CCOCCCNC(=O)C1CCCN1C(=O)OC(C)(C)C. The monoisotopic (exact) mass is 300 g/mol. The Bertz CT molecular complexity index is 352. The zero-order valence-electron chi connectivity index (χ0n) is 13.6. The molecule has 0 aromatic rings. The summed E-state index contributed by atoms with van der Waals surface area (Å²) in [5, 5.41) is 2.86. The summed E-state index contributed by atoms with van der Waals surface area (Å²) < 4.78 is 10.6. The molecule has 0 bridgehead atoms. The van der Waals surface area contributed by atoms with Crippen LogP contribution in [-0.2, 0) is 14.3 Å². The van der Waals surface area contributed by atoms with Crippen molar-refractivity contribution in [3.8, 4) is 0 Å². The lowest BCUT2D eigenvalue weighted by Crippen LogP contribution is -2.47. The molecule has 6 nitrogen and oxygen atoms in total. The summed E-state index contributed by atoms with van der Waals surface area (Å²) in [5.41, 5.74) is -0.543. The number of ether oxygens (including phenoxy) is 2. The van der Waals surface area contributed by atoms with Crippen LogP contribution in [0.1, 0.15) is 47.0 Å². The molecule has 1 saturated heterocycles. The molecular formula is C15H28N2O4. The molecule has 0 radical (unpaired) electrons. The average Bonchev–Trinajstić information content (AvgIpc) is 2.85. The van der Waals surface area contributed by atoms with Crippen LogP contribution >= 0.6 is 0 Å². The van der Waals surface area contributed by atoms with Crippen molar-refractivity contribution in [1.29, 1.82) is 0 Å². The Balaban J connectivity index is 2.41. The van der Waals surface area contributed by atoms with Gasteiger partial charge < -0.3 is 14.8 Å². The van der Waals surface area contributed by atoms with Crippen LogP contribution in [0.25, 0.3) is 0 Å². The normalized spacial score (nSPS) is 18.7. The van der Waals surface area contributed by atoms with Crippen LogP contribution in [-0.4, -0.2) is 54.8 Å². The van der Waals surface area contributed by atoms with Gasteiger partial charge >= 0.3 is 6.09 Å². The van der Waals surface area contributed by atoms with Gasteiger partial charge in [-0.05, 0) is 47.0 Å². The molecule has 6 heteroatoms. The number of hydrogen-bond donors (Lipinski definition) is 1. The van der Waals surface area contributed by atoms with Crippen LogP contribution in [0.3, 0.4) is 0 Å². The highest BCUT2D eigenvalue weighted by Crippen LogP contribution is 2.20. The van der Waals surface area contributed by atoms with Crippen molar-refractivity contribution in [3.05, 3.63) is 0 Å². The predicted octanol–water partition coefficient (Wildman–Crippen LogP) is 1.93. The van der Waals surface area contributed by atoms with Crippen LogP contribution in [0.15, 0.2) is 0 Å². The van der Waals surface area contributed by atoms with E-state index in [1.54, 1.807) is 0 Å². The summed E-state index contributed by atoms with van der Waals surface area (Å²) in [6.45, 7) is 9.87. The lowest BCUT2D eigenvalue weighted by molar-refractivity contribution is -0.125. The molecule has 0 aliphatic carbocycles. The van der Waals surface area contributed by atoms with Gasteiger partial charge in [0.2, 0.25) is 5.91 Å². The first kappa shape index (κ1) is 17.8. The highest BCUT2D eigenvalue weighted by molar-refractivity contribution is 5.86. The maximum atomic E-state index is 12.2. The molecule has 1 N–H and O–H groups in total. The number of nitrogens with zero attached hydrogens (tertiary/aromatic N) is 1. The highest BCUT2D eigenvalue weighted by atomic mass is 16.6. The van der Waals surface area contributed by atoms with Crippen LogP contribution < -0.4 is 5.32 Å². The minimum Gasteiger partial charge on any atom is -0.444 e. The molecule has 1 rings (SSSR count). The quantitative estimate of drug-likeness (QED) is 0.761. The number of nitrogens with one attached hydrogen (secondary N) is 1. The molecule has 1 fully saturated rings. The van der Waals surface area contributed by atoms with Crippen molar-refractivity contribution < 1.29 is 19.1 Å². The second-order valence-corrected chi connectivity index (χ2v) is 6.17. The maximum absolute atomic E-state index is 12.2. The Labute approximate surface area is 127 Å². The number of likely N-dealkylation sites (tertiary alicyclic amines) is 1. The van der Waals surface area contributed by atoms with Crippen molar-refractivity contribution >= 4 is 12.0 Å². The van der Waals surface area contributed by atoms with E-state index in [2.05, 4.69) is 5.32 Å². The van der Waals surface area contributed by atoms with Crippen molar-refractivity contribution in [2.75, 3.05) is 26.3 Å². The molecule has 1 heterocycles. The summed E-state index contributed by atoms with van der Waals surface area (Å²) in [5.74, 6) is -0.102. The maximum Gasteiger partial charge on any atom is 0.410 e. The Morgan fingerprint density at radius 1 is 1.33 bits per heavy atom. The van der Waals surface area contributed by atoms with Crippen LogP contribution in [0.2, 0.25) is 0 Å². The molecule has 1 aliphatic heterocycles. The fourth-order valence-corrected chi connectivity index (χ4v) is 2.23. The van der Waals surface area contributed by atoms with E-state index in [9.17, 15) is 9.59 Å². The number of rotatable bonds is 6. The van der Waals surface area contributed by atoms with Gasteiger partial charge in [-0.1, -0.05) is 0 Å². The van der Waals surface area contributed by atoms with Crippen molar-refractivity contribution in [2.24, 2.45) is 0 Å². The van der Waals surface area contributed by atoms with E-state index in [-0.39, 0.29) is 5.91 Å². The minimum absolute atomic E-state index is 0.102. The van der Waals surface area contributed by atoms with Crippen molar-refractivity contribution in [3.63, 3.8) is 0 Å². The van der Waals surface area contributed by atoms with E-state index in [1.807, 2.05) is 27.7 Å². The van der Waals surface area contributed by atoms with Gasteiger partial charge in [0, 0.05) is 26.3 Å². The van der Waals surface area contributed by atoms with Crippen LogP contribution in [0.4, 0.5) is 4.79 Å². The standard InChI is InChI=1S/C15H28N2O4/c1-5-20-11-7-9-16-13(18)12-8-6-10-17(12)14(19)21-15(2,3)4/h12H,5-11H2,1-4H3,(H,16,18). The molecule has 0 saturated carbocycles. The molecule has 0 aromatic heterocycles. The Morgan fingerprint density at radius 2 is 2.05 bits per heavy atom. The topological polar surface area (TPSA) is 67.9 Å². The van der Waals surface area contributed by atoms with Gasteiger partial charge in [-0.15, -0.1) is 0 Å². The zero-order valence-corrected chi connectivity index (χ0v) is 13.6. The highest BCUT2D eigenvalue weighted by Gasteiger charge is 2.36. The Morgan fingerprint density at radius 3 is 2.67 bits per heavy atom. The zero-order chi connectivity index (χ0) is 15.9. The third kappa shape index (κ3) is 6.33. The fraction of sp³-hybridized carbons (Fsp3) is 0.867. The number of amides is 2. The summed E-state index contributed by atoms with van der Waals surface area (Å²) in [7, 11) is 0. The summed E-state index contributed by atoms with van der Waals surface area (Å²) in [4.78, 5) is 25.8. The molecule has 1 atom stereocenters. The third-order valence-corrected chi connectivity index (χ3v) is 3.15. The van der Waals surface area contributed by atoms with E-state index in [4.69, 9.17) is 9.47 Å². The first-order valence-corrected chi connectivity index (χ1v) is 7.70. The van der Waals surface area contributed by atoms with Gasteiger partial charge in [-0.2, -0.15) is 0 Å². The van der Waals surface area contributed by atoms with Gasteiger partial charge in [-0.3, -0.25) is 9.69 Å². The van der Waals surface area contributed by atoms with Crippen molar-refractivity contribution in [2.45, 2.75) is 58.6 Å². The smallest absolute Gasteiger partial charge is 0.410 e. The van der Waals surface area contributed by atoms with Crippen molar-refractivity contribution in [1.82, 2.24) is 10.2 Å². The van der Waals surface area contributed by atoms with E-state index >= 15 is 0 Å². The van der Waals surface area contributed by atoms with Gasteiger partial charge in [0.05, 0.1) is 0 Å². The van der Waals surface area contributed by atoms with E-state index < -0.39 is 17.7 Å². The van der Waals surface area contributed by atoms with Gasteiger partial charge in [-0.25, -0.2) is 4.79 Å². The first-order chi connectivity index (χ1) is 9.85. The molecule has 2 amide bonds. The minimum atomic E-state index is -0.543. The number of carbonyl (C=O) groups is 2. The van der Waals surface area contributed by atoms with E-state index in [0.29, 0.717) is 32.7 Å². The van der Waals surface area contributed by atoms with Gasteiger partial charge in [0.1, 0.15) is 11.6 Å². The lowest BCUT2D eigenvalue weighted by atomic mass is 10.2. The Kier molecular flexibility index (Phi) is 6.95. The summed E-state index contributed by atoms with van der Waals surface area (Å²) >= 11 is 0. The van der Waals surface area contributed by atoms with Crippen LogP contribution in [0, 0.1) is 0 Å². The first-order valence-electron chi connectivity index (χ1n) is 7.70. The fourth-order valence-electron chi connectivity index (χ4n) is 2.23. The van der Waals surface area contributed by atoms with E-state index in [0.717, 1.165) is 12.8 Å². The Hall–Kier alpha value is -1.30.